The number of likely N-dealkylation sites (tertiary alicyclic amines) is 1. The lowest BCUT2D eigenvalue weighted by Crippen LogP contribution is -2.43. The van der Waals surface area contributed by atoms with Crippen molar-refractivity contribution in [2.45, 2.75) is 19.3 Å². The van der Waals surface area contributed by atoms with Gasteiger partial charge in [-0.15, -0.1) is 0 Å². The molecule has 23 heavy (non-hydrogen) atoms. The first-order valence-electron chi connectivity index (χ1n) is 8.06. The first-order chi connectivity index (χ1) is 11.0. The highest BCUT2D eigenvalue weighted by molar-refractivity contribution is 6.00. The number of rotatable bonds is 3. The number of nitrogens with one attached hydrogen (secondary N) is 1. The summed E-state index contributed by atoms with van der Waals surface area (Å²) < 4.78 is 19.8. The molecule has 126 valence electrons. The van der Waals surface area contributed by atoms with E-state index < -0.39 is 5.82 Å². The SMILES string of the molecule is CNc1cc(F)c(N2CCC3(CCN(C)CC3)C2=O)cc1OC. The van der Waals surface area contributed by atoms with Gasteiger partial charge in [-0.1, -0.05) is 0 Å². The second-order valence-corrected chi connectivity index (χ2v) is 6.54. The number of methoxy groups -OCH3 is 1. The molecular formula is C17H24FN3O2. The molecule has 3 rings (SSSR count). The van der Waals surface area contributed by atoms with Crippen LogP contribution in [0.2, 0.25) is 0 Å². The predicted octanol–water partition coefficient (Wildman–Crippen LogP) is 2.32. The van der Waals surface area contributed by atoms with Gasteiger partial charge in [-0.2, -0.15) is 0 Å². The van der Waals surface area contributed by atoms with Crippen molar-refractivity contribution in [1.29, 1.82) is 0 Å². The number of halogens is 1. The van der Waals surface area contributed by atoms with Crippen LogP contribution in [0.3, 0.4) is 0 Å². The normalized spacial score (nSPS) is 21.0. The monoisotopic (exact) mass is 321 g/mol. The molecule has 0 atom stereocenters. The largest absolute Gasteiger partial charge is 0.495 e. The fourth-order valence-electron chi connectivity index (χ4n) is 3.67. The summed E-state index contributed by atoms with van der Waals surface area (Å²) >= 11 is 0. The Morgan fingerprint density at radius 2 is 1.87 bits per heavy atom. The third-order valence-corrected chi connectivity index (χ3v) is 5.29. The van der Waals surface area contributed by atoms with Crippen molar-refractivity contribution < 1.29 is 13.9 Å². The summed E-state index contributed by atoms with van der Waals surface area (Å²) in [5, 5.41) is 2.90. The number of carbonyl (C=O) groups is 1. The summed E-state index contributed by atoms with van der Waals surface area (Å²) in [5.74, 6) is 0.207. The van der Waals surface area contributed by atoms with Crippen LogP contribution >= 0.6 is 0 Å². The topological polar surface area (TPSA) is 44.8 Å². The molecule has 1 spiro atoms. The van der Waals surface area contributed by atoms with E-state index in [1.54, 1.807) is 25.1 Å². The van der Waals surface area contributed by atoms with Crippen LogP contribution in [0.15, 0.2) is 12.1 Å². The number of nitrogens with zero attached hydrogens (tertiary/aromatic N) is 2. The minimum absolute atomic E-state index is 0.0590. The molecule has 5 nitrogen and oxygen atoms in total. The molecule has 2 aliphatic heterocycles. The quantitative estimate of drug-likeness (QED) is 0.928. The number of benzene rings is 1. The molecule has 0 saturated carbocycles. The minimum atomic E-state index is -0.395. The van der Waals surface area contributed by atoms with Crippen molar-refractivity contribution in [3.63, 3.8) is 0 Å². The second kappa shape index (κ2) is 6.00. The molecule has 0 unspecified atom stereocenters. The molecule has 0 aromatic heterocycles. The van der Waals surface area contributed by atoms with Crippen molar-refractivity contribution in [3.05, 3.63) is 17.9 Å². The third kappa shape index (κ3) is 2.65. The zero-order valence-electron chi connectivity index (χ0n) is 14.0. The lowest BCUT2D eigenvalue weighted by molar-refractivity contribution is -0.127. The maximum Gasteiger partial charge on any atom is 0.233 e. The standard InChI is InChI=1S/C17H24FN3O2/c1-19-13-10-12(18)14(11-15(13)23-3)21-9-6-17(16(21)22)4-7-20(2)8-5-17/h10-11,19H,4-9H2,1-3H3. The smallest absolute Gasteiger partial charge is 0.233 e. The molecule has 1 N–H and O–H groups in total. The van der Waals surface area contributed by atoms with Gasteiger partial charge >= 0.3 is 0 Å². The Morgan fingerprint density at radius 3 is 2.48 bits per heavy atom. The van der Waals surface area contributed by atoms with Gasteiger partial charge in [0.2, 0.25) is 5.91 Å². The van der Waals surface area contributed by atoms with E-state index >= 15 is 0 Å². The van der Waals surface area contributed by atoms with E-state index in [9.17, 15) is 9.18 Å². The van der Waals surface area contributed by atoms with Crippen molar-refractivity contribution in [1.82, 2.24) is 4.90 Å². The molecule has 0 aliphatic carbocycles. The molecule has 2 saturated heterocycles. The third-order valence-electron chi connectivity index (χ3n) is 5.29. The summed E-state index contributed by atoms with van der Waals surface area (Å²) in [4.78, 5) is 16.8. The van der Waals surface area contributed by atoms with Gasteiger partial charge in [-0.25, -0.2) is 4.39 Å². The van der Waals surface area contributed by atoms with Gasteiger partial charge in [0.25, 0.3) is 0 Å². The fraction of sp³-hybridized carbons (Fsp3) is 0.588. The van der Waals surface area contributed by atoms with Crippen molar-refractivity contribution in [3.8, 4) is 5.75 Å². The number of anilines is 2. The summed E-state index contributed by atoms with van der Waals surface area (Å²) in [6.07, 6.45) is 2.51. The van der Waals surface area contributed by atoms with Gasteiger partial charge in [0.15, 0.2) is 0 Å². The van der Waals surface area contributed by atoms with Crippen LogP contribution in [0.25, 0.3) is 0 Å². The van der Waals surface area contributed by atoms with Crippen LogP contribution in [-0.4, -0.2) is 51.6 Å². The van der Waals surface area contributed by atoms with E-state index in [0.29, 0.717) is 23.7 Å². The van der Waals surface area contributed by atoms with Crippen LogP contribution in [-0.2, 0) is 4.79 Å². The first-order valence-corrected chi connectivity index (χ1v) is 8.06. The van der Waals surface area contributed by atoms with Crippen molar-refractivity contribution >= 4 is 17.3 Å². The molecule has 1 aromatic carbocycles. The zero-order chi connectivity index (χ0) is 16.6. The maximum atomic E-state index is 14.5. The number of carbonyl (C=O) groups excluding carboxylic acids is 1. The molecule has 0 bridgehead atoms. The molecule has 2 heterocycles. The Bertz CT molecular complexity index is 612. The van der Waals surface area contributed by atoms with E-state index in [2.05, 4.69) is 17.3 Å². The summed E-state index contributed by atoms with van der Waals surface area (Å²) in [7, 11) is 5.33. The lowest BCUT2D eigenvalue weighted by Gasteiger charge is -2.36. The fourth-order valence-corrected chi connectivity index (χ4v) is 3.67. The zero-order valence-corrected chi connectivity index (χ0v) is 14.0. The van der Waals surface area contributed by atoms with Crippen molar-refractivity contribution in [2.24, 2.45) is 5.41 Å². The van der Waals surface area contributed by atoms with E-state index in [1.165, 1.54) is 6.07 Å². The molecule has 1 amide bonds. The van der Waals surface area contributed by atoms with Gasteiger partial charge in [0, 0.05) is 25.7 Å². The number of ether oxygens (including phenoxy) is 1. The van der Waals surface area contributed by atoms with Crippen LogP contribution in [0.4, 0.5) is 15.8 Å². The van der Waals surface area contributed by atoms with Crippen molar-refractivity contribution in [2.75, 3.05) is 51.1 Å². The molecule has 1 aromatic rings. The summed E-state index contributed by atoms with van der Waals surface area (Å²) in [6.45, 7) is 2.41. The van der Waals surface area contributed by atoms with Crippen LogP contribution in [0, 0.1) is 11.2 Å². The first kappa shape index (κ1) is 16.1. The number of amides is 1. The molecule has 2 fully saturated rings. The Hall–Kier alpha value is -1.82. The lowest BCUT2D eigenvalue weighted by atomic mass is 9.77. The molecule has 2 aliphatic rings. The highest BCUT2D eigenvalue weighted by atomic mass is 19.1. The van der Waals surface area contributed by atoms with Gasteiger partial charge in [-0.05, 0) is 39.4 Å². The van der Waals surface area contributed by atoms with Crippen LogP contribution in [0.1, 0.15) is 19.3 Å². The van der Waals surface area contributed by atoms with Gasteiger partial charge in [0.1, 0.15) is 11.6 Å². The molecular weight excluding hydrogens is 297 g/mol. The molecule has 6 heteroatoms. The Morgan fingerprint density at radius 1 is 1.22 bits per heavy atom. The minimum Gasteiger partial charge on any atom is -0.495 e. The summed E-state index contributed by atoms with van der Waals surface area (Å²) in [6, 6.07) is 3.01. The highest BCUT2D eigenvalue weighted by Gasteiger charge is 2.48. The Balaban J connectivity index is 1.90. The van der Waals surface area contributed by atoms with E-state index in [0.717, 1.165) is 32.4 Å². The highest BCUT2D eigenvalue weighted by Crippen LogP contribution is 2.44. The van der Waals surface area contributed by atoms with Gasteiger partial charge in [0.05, 0.1) is 23.9 Å². The van der Waals surface area contributed by atoms with E-state index in [1.807, 2.05) is 0 Å². The molecule has 0 radical (unpaired) electrons. The average Bonchev–Trinajstić information content (AvgIpc) is 2.87. The predicted molar refractivity (Wildman–Crippen MR) is 88.6 cm³/mol. The number of hydrogen-bond acceptors (Lipinski definition) is 4. The van der Waals surface area contributed by atoms with Crippen LogP contribution in [0.5, 0.6) is 5.75 Å². The van der Waals surface area contributed by atoms with E-state index in [-0.39, 0.29) is 11.3 Å². The van der Waals surface area contributed by atoms with Gasteiger partial charge in [-0.3, -0.25) is 4.79 Å². The number of hydrogen-bond donors (Lipinski definition) is 1. The Labute approximate surface area is 136 Å². The Kier molecular flexibility index (Phi) is 4.19. The second-order valence-electron chi connectivity index (χ2n) is 6.54. The average molecular weight is 321 g/mol. The number of piperidine rings is 1. The van der Waals surface area contributed by atoms with E-state index in [4.69, 9.17) is 4.74 Å². The summed E-state index contributed by atoms with van der Waals surface area (Å²) in [5.41, 5.74) is 0.587. The van der Waals surface area contributed by atoms with Crippen LogP contribution < -0.4 is 15.0 Å². The van der Waals surface area contributed by atoms with Gasteiger partial charge < -0.3 is 19.9 Å². The maximum absolute atomic E-state index is 14.5.